The highest BCUT2D eigenvalue weighted by molar-refractivity contribution is 5.97. The minimum absolute atomic E-state index is 0.0982. The van der Waals surface area contributed by atoms with Gasteiger partial charge >= 0.3 is 0 Å². The molecule has 0 spiro atoms. The molecule has 3 heteroatoms. The molecule has 16 heavy (non-hydrogen) atoms. The summed E-state index contributed by atoms with van der Waals surface area (Å²) in [5, 5.41) is 0. The van der Waals surface area contributed by atoms with Crippen molar-refractivity contribution >= 4 is 5.78 Å². The first-order valence-electron chi connectivity index (χ1n) is 5.96. The molecule has 0 amide bonds. The fraction of sp³-hybridized carbons (Fsp3) is 0.538. The zero-order valence-electron chi connectivity index (χ0n) is 9.61. The van der Waals surface area contributed by atoms with Crippen LogP contribution in [0.4, 0.5) is 0 Å². The second-order valence-corrected chi connectivity index (χ2v) is 4.16. The van der Waals surface area contributed by atoms with Gasteiger partial charge in [0.25, 0.3) is 0 Å². The van der Waals surface area contributed by atoms with Gasteiger partial charge in [0.15, 0.2) is 5.78 Å². The molecule has 0 aromatic carbocycles. The number of aromatic nitrogens is 1. The van der Waals surface area contributed by atoms with Crippen LogP contribution in [0.15, 0.2) is 18.3 Å². The van der Waals surface area contributed by atoms with Gasteiger partial charge in [0.1, 0.15) is 6.10 Å². The molecule has 0 bridgehead atoms. The molecule has 0 radical (unpaired) electrons. The number of Topliss-reactive ketones (excluding diaryl/α,β-unsaturated/α-hetero) is 1. The predicted octanol–water partition coefficient (Wildman–Crippen LogP) is 3.00. The first kappa shape index (κ1) is 11.1. The standard InChI is InChI=1S/C13H17NO2/c1-2-12(15)11-8-5-9-14-13(11)16-10-6-3-4-7-10/h5,8-10H,2-4,6-7H2,1H3. The molecule has 1 saturated carbocycles. The van der Waals surface area contributed by atoms with Gasteiger partial charge < -0.3 is 4.74 Å². The molecule has 86 valence electrons. The zero-order chi connectivity index (χ0) is 11.4. The van der Waals surface area contributed by atoms with Crippen LogP contribution in [0, 0.1) is 0 Å². The van der Waals surface area contributed by atoms with E-state index in [2.05, 4.69) is 4.98 Å². The van der Waals surface area contributed by atoms with E-state index in [4.69, 9.17) is 4.74 Å². The summed E-state index contributed by atoms with van der Waals surface area (Å²) >= 11 is 0. The minimum Gasteiger partial charge on any atom is -0.474 e. The highest BCUT2D eigenvalue weighted by atomic mass is 16.5. The van der Waals surface area contributed by atoms with E-state index in [9.17, 15) is 4.79 Å². The Morgan fingerprint density at radius 1 is 1.50 bits per heavy atom. The van der Waals surface area contributed by atoms with Crippen LogP contribution < -0.4 is 4.74 Å². The lowest BCUT2D eigenvalue weighted by Crippen LogP contribution is -2.14. The molecule has 1 aromatic rings. The topological polar surface area (TPSA) is 39.2 Å². The van der Waals surface area contributed by atoms with Crippen molar-refractivity contribution in [3.05, 3.63) is 23.9 Å². The van der Waals surface area contributed by atoms with Crippen molar-refractivity contribution in [3.8, 4) is 5.88 Å². The van der Waals surface area contributed by atoms with Crippen LogP contribution >= 0.6 is 0 Å². The molecule has 0 unspecified atom stereocenters. The molecule has 1 aliphatic rings. The molecule has 0 atom stereocenters. The second-order valence-electron chi connectivity index (χ2n) is 4.16. The quantitative estimate of drug-likeness (QED) is 0.731. The highest BCUT2D eigenvalue weighted by Crippen LogP contribution is 2.25. The van der Waals surface area contributed by atoms with Gasteiger partial charge in [0.2, 0.25) is 5.88 Å². The maximum absolute atomic E-state index is 11.7. The van der Waals surface area contributed by atoms with Gasteiger partial charge in [-0.3, -0.25) is 4.79 Å². The summed E-state index contributed by atoms with van der Waals surface area (Å²) in [5.74, 6) is 0.613. The minimum atomic E-state index is 0.0982. The van der Waals surface area contributed by atoms with Gasteiger partial charge in [-0.2, -0.15) is 0 Å². The van der Waals surface area contributed by atoms with Crippen molar-refractivity contribution in [2.45, 2.75) is 45.1 Å². The molecular weight excluding hydrogens is 202 g/mol. The summed E-state index contributed by atoms with van der Waals surface area (Å²) in [6.07, 6.45) is 7.01. The van der Waals surface area contributed by atoms with Crippen molar-refractivity contribution in [3.63, 3.8) is 0 Å². The van der Waals surface area contributed by atoms with Crippen LogP contribution in [0.3, 0.4) is 0 Å². The van der Waals surface area contributed by atoms with Crippen LogP contribution in [0.25, 0.3) is 0 Å². The number of ketones is 1. The van der Waals surface area contributed by atoms with Gasteiger partial charge in [0.05, 0.1) is 5.56 Å². The van der Waals surface area contributed by atoms with E-state index in [1.165, 1.54) is 12.8 Å². The summed E-state index contributed by atoms with van der Waals surface area (Å²) < 4.78 is 5.80. The number of pyridine rings is 1. The van der Waals surface area contributed by atoms with Crippen LogP contribution in [0.1, 0.15) is 49.4 Å². The average molecular weight is 219 g/mol. The van der Waals surface area contributed by atoms with Gasteiger partial charge in [-0.1, -0.05) is 6.92 Å². The van der Waals surface area contributed by atoms with E-state index in [0.29, 0.717) is 17.9 Å². The number of ether oxygens (including phenoxy) is 1. The summed E-state index contributed by atoms with van der Waals surface area (Å²) in [4.78, 5) is 15.9. The Morgan fingerprint density at radius 2 is 2.25 bits per heavy atom. The lowest BCUT2D eigenvalue weighted by atomic mass is 10.1. The lowest BCUT2D eigenvalue weighted by Gasteiger charge is -2.14. The number of carbonyl (C=O) groups is 1. The normalized spacial score (nSPS) is 16.3. The number of rotatable bonds is 4. The highest BCUT2D eigenvalue weighted by Gasteiger charge is 2.20. The molecule has 0 aliphatic heterocycles. The van der Waals surface area contributed by atoms with Crippen LogP contribution in [-0.4, -0.2) is 16.9 Å². The lowest BCUT2D eigenvalue weighted by molar-refractivity contribution is 0.0979. The fourth-order valence-corrected chi connectivity index (χ4v) is 2.05. The Bertz CT molecular complexity index is 370. The Morgan fingerprint density at radius 3 is 2.94 bits per heavy atom. The van der Waals surface area contributed by atoms with Crippen LogP contribution in [0.2, 0.25) is 0 Å². The summed E-state index contributed by atoms with van der Waals surface area (Å²) in [7, 11) is 0. The number of hydrogen-bond donors (Lipinski definition) is 0. The van der Waals surface area contributed by atoms with Gasteiger partial charge in [0, 0.05) is 12.6 Å². The van der Waals surface area contributed by atoms with E-state index in [1.54, 1.807) is 18.3 Å². The Balaban J connectivity index is 2.15. The Kier molecular flexibility index (Phi) is 3.54. The van der Waals surface area contributed by atoms with E-state index in [0.717, 1.165) is 12.8 Å². The predicted molar refractivity (Wildman–Crippen MR) is 61.7 cm³/mol. The zero-order valence-corrected chi connectivity index (χ0v) is 9.61. The number of hydrogen-bond acceptors (Lipinski definition) is 3. The van der Waals surface area contributed by atoms with Crippen molar-refractivity contribution in [1.82, 2.24) is 4.98 Å². The molecule has 1 aliphatic carbocycles. The monoisotopic (exact) mass is 219 g/mol. The molecule has 0 N–H and O–H groups in total. The Hall–Kier alpha value is -1.38. The largest absolute Gasteiger partial charge is 0.474 e. The number of carbonyl (C=O) groups excluding carboxylic acids is 1. The third-order valence-electron chi connectivity index (χ3n) is 2.97. The molecule has 1 fully saturated rings. The fourth-order valence-electron chi connectivity index (χ4n) is 2.05. The number of nitrogens with zero attached hydrogens (tertiary/aromatic N) is 1. The van der Waals surface area contributed by atoms with Gasteiger partial charge in [-0.05, 0) is 37.8 Å². The van der Waals surface area contributed by atoms with E-state index >= 15 is 0 Å². The van der Waals surface area contributed by atoms with Crippen LogP contribution in [0.5, 0.6) is 5.88 Å². The maximum atomic E-state index is 11.7. The molecule has 3 nitrogen and oxygen atoms in total. The molecule has 2 rings (SSSR count). The van der Waals surface area contributed by atoms with E-state index < -0.39 is 0 Å². The molecule has 1 aromatic heterocycles. The smallest absolute Gasteiger partial charge is 0.224 e. The summed E-state index contributed by atoms with van der Waals surface area (Å²) in [6, 6.07) is 3.58. The maximum Gasteiger partial charge on any atom is 0.224 e. The first-order chi connectivity index (χ1) is 7.81. The Labute approximate surface area is 95.8 Å². The van der Waals surface area contributed by atoms with Crippen molar-refractivity contribution in [2.75, 3.05) is 0 Å². The SMILES string of the molecule is CCC(=O)c1cccnc1OC1CCCC1. The molecule has 1 heterocycles. The molecular formula is C13H17NO2. The van der Waals surface area contributed by atoms with Crippen molar-refractivity contribution in [1.29, 1.82) is 0 Å². The average Bonchev–Trinajstić information content (AvgIpc) is 2.82. The van der Waals surface area contributed by atoms with Crippen LogP contribution in [-0.2, 0) is 0 Å². The summed E-state index contributed by atoms with van der Waals surface area (Å²) in [6.45, 7) is 1.86. The van der Waals surface area contributed by atoms with Crippen molar-refractivity contribution in [2.24, 2.45) is 0 Å². The van der Waals surface area contributed by atoms with Gasteiger partial charge in [-0.25, -0.2) is 4.98 Å². The van der Waals surface area contributed by atoms with E-state index in [-0.39, 0.29) is 11.9 Å². The van der Waals surface area contributed by atoms with Crippen molar-refractivity contribution < 1.29 is 9.53 Å². The summed E-state index contributed by atoms with van der Waals surface area (Å²) in [5.41, 5.74) is 0.622. The first-order valence-corrected chi connectivity index (χ1v) is 5.96. The van der Waals surface area contributed by atoms with E-state index in [1.807, 2.05) is 6.92 Å². The third kappa shape index (κ3) is 2.40. The molecule has 0 saturated heterocycles. The second kappa shape index (κ2) is 5.10. The third-order valence-corrected chi connectivity index (χ3v) is 2.97. The van der Waals surface area contributed by atoms with Gasteiger partial charge in [-0.15, -0.1) is 0 Å².